The topological polar surface area (TPSA) is 75.7 Å². The lowest BCUT2D eigenvalue weighted by molar-refractivity contribution is -0.114. The van der Waals surface area contributed by atoms with Crippen LogP contribution in [0, 0.1) is 13.8 Å². The lowest BCUT2D eigenvalue weighted by atomic mass is 10.1. The maximum absolute atomic E-state index is 12.6. The SMILES string of the molecule is CC(=O)Nc1sc(C)c(C)c1C(=O)OCc1ccc(C(=O)N2CCCC2)cc1. The normalized spacial score (nSPS) is 13.5. The number of anilines is 1. The molecule has 1 aliphatic rings. The number of likely N-dealkylation sites (tertiary alicyclic amines) is 1. The minimum Gasteiger partial charge on any atom is -0.457 e. The van der Waals surface area contributed by atoms with Gasteiger partial charge < -0.3 is 15.0 Å². The second-order valence-electron chi connectivity index (χ2n) is 6.94. The van der Waals surface area contributed by atoms with Crippen molar-refractivity contribution in [3.8, 4) is 0 Å². The van der Waals surface area contributed by atoms with E-state index in [9.17, 15) is 14.4 Å². The fourth-order valence-corrected chi connectivity index (χ4v) is 4.28. The number of thiophene rings is 1. The van der Waals surface area contributed by atoms with E-state index in [1.807, 2.05) is 18.7 Å². The van der Waals surface area contributed by atoms with Crippen molar-refractivity contribution in [2.24, 2.45) is 0 Å². The molecule has 1 fully saturated rings. The molecule has 0 radical (unpaired) electrons. The quantitative estimate of drug-likeness (QED) is 0.772. The number of nitrogens with one attached hydrogen (secondary N) is 1. The summed E-state index contributed by atoms with van der Waals surface area (Å²) in [4.78, 5) is 39.2. The van der Waals surface area contributed by atoms with E-state index in [-0.39, 0.29) is 18.4 Å². The number of hydrogen-bond acceptors (Lipinski definition) is 5. The second kappa shape index (κ2) is 8.56. The number of carbonyl (C=O) groups is 3. The van der Waals surface area contributed by atoms with Gasteiger partial charge in [0.25, 0.3) is 5.91 Å². The van der Waals surface area contributed by atoms with Crippen molar-refractivity contribution in [3.05, 3.63) is 51.4 Å². The Bertz CT molecular complexity index is 896. The Morgan fingerprint density at radius 2 is 1.75 bits per heavy atom. The molecule has 28 heavy (non-hydrogen) atoms. The van der Waals surface area contributed by atoms with E-state index in [1.54, 1.807) is 24.3 Å². The molecule has 3 rings (SSSR count). The van der Waals surface area contributed by atoms with Gasteiger partial charge in [-0.25, -0.2) is 4.79 Å². The van der Waals surface area contributed by atoms with Gasteiger partial charge in [-0.3, -0.25) is 9.59 Å². The van der Waals surface area contributed by atoms with Gasteiger partial charge >= 0.3 is 5.97 Å². The van der Waals surface area contributed by atoms with Gasteiger partial charge in [-0.05, 0) is 49.9 Å². The molecule has 2 heterocycles. The first-order valence-electron chi connectivity index (χ1n) is 9.29. The molecule has 0 atom stereocenters. The molecule has 0 spiro atoms. The summed E-state index contributed by atoms with van der Waals surface area (Å²) < 4.78 is 5.45. The number of nitrogens with zero attached hydrogens (tertiary/aromatic N) is 1. The van der Waals surface area contributed by atoms with Crippen LogP contribution in [0.25, 0.3) is 0 Å². The van der Waals surface area contributed by atoms with Crippen molar-refractivity contribution < 1.29 is 19.1 Å². The first-order chi connectivity index (χ1) is 13.4. The van der Waals surface area contributed by atoms with E-state index in [4.69, 9.17) is 4.74 Å². The molecule has 0 saturated carbocycles. The fourth-order valence-electron chi connectivity index (χ4n) is 3.19. The molecule has 1 saturated heterocycles. The monoisotopic (exact) mass is 400 g/mol. The maximum atomic E-state index is 12.6. The zero-order valence-corrected chi connectivity index (χ0v) is 17.1. The lowest BCUT2D eigenvalue weighted by Crippen LogP contribution is -2.27. The molecule has 0 unspecified atom stereocenters. The van der Waals surface area contributed by atoms with Gasteiger partial charge in [0.1, 0.15) is 11.6 Å². The summed E-state index contributed by atoms with van der Waals surface area (Å²) >= 11 is 1.36. The summed E-state index contributed by atoms with van der Waals surface area (Å²) in [6.45, 7) is 6.88. The van der Waals surface area contributed by atoms with Crippen LogP contribution >= 0.6 is 11.3 Å². The molecular weight excluding hydrogens is 376 g/mol. The highest BCUT2D eigenvalue weighted by molar-refractivity contribution is 7.16. The van der Waals surface area contributed by atoms with Crippen LogP contribution in [0.5, 0.6) is 0 Å². The van der Waals surface area contributed by atoms with E-state index in [2.05, 4.69) is 5.32 Å². The van der Waals surface area contributed by atoms with E-state index >= 15 is 0 Å². The number of aryl methyl sites for hydroxylation is 1. The van der Waals surface area contributed by atoms with Gasteiger partial charge in [0.15, 0.2) is 0 Å². The van der Waals surface area contributed by atoms with Gasteiger partial charge in [0, 0.05) is 30.5 Å². The average Bonchev–Trinajstić information content (AvgIpc) is 3.28. The Labute approximate surface area is 168 Å². The molecule has 7 heteroatoms. The zero-order chi connectivity index (χ0) is 20.3. The summed E-state index contributed by atoms with van der Waals surface area (Å²) in [6, 6.07) is 7.15. The molecule has 2 aromatic rings. The summed E-state index contributed by atoms with van der Waals surface area (Å²) in [5, 5.41) is 3.21. The molecule has 1 aliphatic heterocycles. The standard InChI is InChI=1S/C21H24N2O4S/c1-13-14(2)28-19(22-15(3)24)18(13)21(26)27-12-16-6-8-17(9-7-16)20(25)23-10-4-5-11-23/h6-9H,4-5,10-12H2,1-3H3,(H,22,24). The number of ether oxygens (including phenoxy) is 1. The zero-order valence-electron chi connectivity index (χ0n) is 16.3. The van der Waals surface area contributed by atoms with E-state index in [0.29, 0.717) is 16.1 Å². The molecular formula is C21H24N2O4S. The van der Waals surface area contributed by atoms with Crippen LogP contribution in [0.4, 0.5) is 5.00 Å². The number of hydrogen-bond donors (Lipinski definition) is 1. The third-order valence-electron chi connectivity index (χ3n) is 4.84. The fraction of sp³-hybridized carbons (Fsp3) is 0.381. The van der Waals surface area contributed by atoms with E-state index in [1.165, 1.54) is 18.3 Å². The number of esters is 1. The second-order valence-corrected chi connectivity index (χ2v) is 8.17. The molecule has 0 bridgehead atoms. The maximum Gasteiger partial charge on any atom is 0.341 e. The molecule has 6 nitrogen and oxygen atoms in total. The van der Waals surface area contributed by atoms with Crippen molar-refractivity contribution in [1.82, 2.24) is 4.90 Å². The van der Waals surface area contributed by atoms with Crippen LogP contribution in [0.2, 0.25) is 0 Å². The molecule has 148 valence electrons. The molecule has 1 aromatic carbocycles. The largest absolute Gasteiger partial charge is 0.457 e. The van der Waals surface area contributed by atoms with E-state index < -0.39 is 5.97 Å². The summed E-state index contributed by atoms with van der Waals surface area (Å²) in [5.74, 6) is -0.651. The highest BCUT2D eigenvalue weighted by Gasteiger charge is 2.22. The molecule has 2 amide bonds. The van der Waals surface area contributed by atoms with Gasteiger partial charge in [0.05, 0.1) is 5.56 Å². The third kappa shape index (κ3) is 4.42. The Morgan fingerprint density at radius 3 is 2.36 bits per heavy atom. The van der Waals surface area contributed by atoms with E-state index in [0.717, 1.165) is 41.9 Å². The van der Waals surface area contributed by atoms with Crippen LogP contribution in [0.15, 0.2) is 24.3 Å². The number of rotatable bonds is 5. The minimum atomic E-state index is -0.470. The predicted molar refractivity (Wildman–Crippen MR) is 109 cm³/mol. The third-order valence-corrected chi connectivity index (χ3v) is 5.97. The van der Waals surface area contributed by atoms with Crippen LogP contribution in [-0.2, 0) is 16.1 Å². The average molecular weight is 401 g/mol. The van der Waals surface area contributed by atoms with Crippen molar-refractivity contribution in [1.29, 1.82) is 0 Å². The Kier molecular flexibility index (Phi) is 6.14. The van der Waals surface area contributed by atoms with Crippen LogP contribution in [0.3, 0.4) is 0 Å². The lowest BCUT2D eigenvalue weighted by Gasteiger charge is -2.15. The Hall–Kier alpha value is -2.67. The number of carbonyl (C=O) groups excluding carboxylic acids is 3. The summed E-state index contributed by atoms with van der Waals surface area (Å²) in [5.41, 5.74) is 2.66. The van der Waals surface area contributed by atoms with Gasteiger partial charge in [-0.2, -0.15) is 0 Å². The highest BCUT2D eigenvalue weighted by Crippen LogP contribution is 2.33. The van der Waals surface area contributed by atoms with Crippen molar-refractivity contribution >= 4 is 34.1 Å². The van der Waals surface area contributed by atoms with Crippen molar-refractivity contribution in [3.63, 3.8) is 0 Å². The van der Waals surface area contributed by atoms with Crippen LogP contribution in [0.1, 0.15) is 56.5 Å². The number of amides is 2. The highest BCUT2D eigenvalue weighted by atomic mass is 32.1. The molecule has 0 aliphatic carbocycles. The van der Waals surface area contributed by atoms with Gasteiger partial charge in [-0.15, -0.1) is 11.3 Å². The summed E-state index contributed by atoms with van der Waals surface area (Å²) in [6.07, 6.45) is 2.11. The van der Waals surface area contributed by atoms with Crippen molar-refractivity contribution in [2.75, 3.05) is 18.4 Å². The van der Waals surface area contributed by atoms with Crippen LogP contribution < -0.4 is 5.32 Å². The minimum absolute atomic E-state index is 0.0466. The molecule has 1 aromatic heterocycles. The first-order valence-corrected chi connectivity index (χ1v) is 10.1. The first kappa shape index (κ1) is 20.1. The Morgan fingerprint density at radius 1 is 1.11 bits per heavy atom. The summed E-state index contributed by atoms with van der Waals surface area (Å²) in [7, 11) is 0. The smallest absolute Gasteiger partial charge is 0.341 e. The Balaban J connectivity index is 1.65. The van der Waals surface area contributed by atoms with Gasteiger partial charge in [0.2, 0.25) is 5.91 Å². The van der Waals surface area contributed by atoms with Gasteiger partial charge in [-0.1, -0.05) is 12.1 Å². The predicted octanol–water partition coefficient (Wildman–Crippen LogP) is 3.92. The van der Waals surface area contributed by atoms with Crippen LogP contribution in [-0.4, -0.2) is 35.8 Å². The number of benzene rings is 1. The van der Waals surface area contributed by atoms with Crippen molar-refractivity contribution in [2.45, 2.75) is 40.2 Å². The molecule has 1 N–H and O–H groups in total.